The molecule has 0 aliphatic rings. The van der Waals surface area contributed by atoms with Gasteiger partial charge in [-0.2, -0.15) is 0 Å². The standard InChI is InChI=1S/C19H23NO/c1-5-20(18-8-6-7-15(3)13-18)16(4)19(21)17-11-9-14(2)10-12-17/h6-13,16H,5H2,1-4H3. The van der Waals surface area contributed by atoms with Crippen molar-refractivity contribution in [1.29, 1.82) is 0 Å². The Labute approximate surface area is 127 Å². The summed E-state index contributed by atoms with van der Waals surface area (Å²) < 4.78 is 0. The van der Waals surface area contributed by atoms with Gasteiger partial charge in [-0.05, 0) is 45.4 Å². The van der Waals surface area contributed by atoms with E-state index in [0.717, 1.165) is 17.8 Å². The fourth-order valence-electron chi connectivity index (χ4n) is 2.59. The van der Waals surface area contributed by atoms with E-state index in [2.05, 4.69) is 36.9 Å². The van der Waals surface area contributed by atoms with E-state index in [1.54, 1.807) is 0 Å². The maximum atomic E-state index is 12.7. The summed E-state index contributed by atoms with van der Waals surface area (Å²) in [6.45, 7) is 8.98. The van der Waals surface area contributed by atoms with Gasteiger partial charge in [-0.25, -0.2) is 0 Å². The molecular formula is C19H23NO. The summed E-state index contributed by atoms with van der Waals surface area (Å²) in [5.41, 5.74) is 4.26. The van der Waals surface area contributed by atoms with Crippen LogP contribution < -0.4 is 4.90 Å². The van der Waals surface area contributed by atoms with Crippen LogP contribution in [0.1, 0.15) is 35.3 Å². The molecule has 0 amide bonds. The van der Waals surface area contributed by atoms with Crippen LogP contribution in [0.2, 0.25) is 0 Å². The Balaban J connectivity index is 2.25. The molecule has 1 atom stereocenters. The van der Waals surface area contributed by atoms with Gasteiger partial charge in [0.15, 0.2) is 5.78 Å². The van der Waals surface area contributed by atoms with Crippen molar-refractivity contribution in [2.24, 2.45) is 0 Å². The van der Waals surface area contributed by atoms with Crippen molar-refractivity contribution in [2.45, 2.75) is 33.7 Å². The van der Waals surface area contributed by atoms with Crippen LogP contribution in [0.25, 0.3) is 0 Å². The summed E-state index contributed by atoms with van der Waals surface area (Å²) in [5, 5.41) is 0. The molecule has 0 saturated heterocycles. The Morgan fingerprint density at radius 1 is 1.05 bits per heavy atom. The molecule has 2 aromatic carbocycles. The smallest absolute Gasteiger partial charge is 0.184 e. The fraction of sp³-hybridized carbons (Fsp3) is 0.316. The lowest BCUT2D eigenvalue weighted by atomic mass is 10.0. The first-order valence-electron chi connectivity index (χ1n) is 7.47. The molecule has 21 heavy (non-hydrogen) atoms. The van der Waals surface area contributed by atoms with E-state index in [0.29, 0.717) is 0 Å². The molecule has 0 fully saturated rings. The van der Waals surface area contributed by atoms with E-state index >= 15 is 0 Å². The summed E-state index contributed by atoms with van der Waals surface area (Å²) in [6, 6.07) is 15.9. The molecule has 2 rings (SSSR count). The van der Waals surface area contributed by atoms with E-state index < -0.39 is 0 Å². The predicted molar refractivity (Wildman–Crippen MR) is 89.2 cm³/mol. The topological polar surface area (TPSA) is 20.3 Å². The minimum atomic E-state index is -0.167. The SMILES string of the molecule is CCN(c1cccc(C)c1)C(C)C(=O)c1ccc(C)cc1. The number of hydrogen-bond donors (Lipinski definition) is 0. The number of aryl methyl sites for hydroxylation is 2. The zero-order valence-corrected chi connectivity index (χ0v) is 13.3. The Kier molecular flexibility index (Phi) is 4.79. The molecule has 2 aromatic rings. The minimum absolute atomic E-state index is 0.165. The molecule has 0 aliphatic carbocycles. The molecule has 2 heteroatoms. The van der Waals surface area contributed by atoms with Gasteiger partial charge in [0, 0.05) is 17.8 Å². The number of hydrogen-bond acceptors (Lipinski definition) is 2. The van der Waals surface area contributed by atoms with Gasteiger partial charge in [-0.1, -0.05) is 42.0 Å². The number of anilines is 1. The van der Waals surface area contributed by atoms with Gasteiger partial charge in [-0.15, -0.1) is 0 Å². The molecule has 0 N–H and O–H groups in total. The lowest BCUT2D eigenvalue weighted by molar-refractivity contribution is 0.0964. The highest BCUT2D eigenvalue weighted by Crippen LogP contribution is 2.20. The molecule has 110 valence electrons. The van der Waals surface area contributed by atoms with E-state index in [4.69, 9.17) is 0 Å². The summed E-state index contributed by atoms with van der Waals surface area (Å²) in [6.07, 6.45) is 0. The molecular weight excluding hydrogens is 258 g/mol. The number of carbonyl (C=O) groups is 1. The Morgan fingerprint density at radius 3 is 2.29 bits per heavy atom. The van der Waals surface area contributed by atoms with Crippen molar-refractivity contribution in [3.8, 4) is 0 Å². The molecule has 0 aliphatic heterocycles. The van der Waals surface area contributed by atoms with Gasteiger partial charge in [-0.3, -0.25) is 4.79 Å². The molecule has 0 spiro atoms. The van der Waals surface area contributed by atoms with Crippen LogP contribution in [0.3, 0.4) is 0 Å². The highest BCUT2D eigenvalue weighted by Gasteiger charge is 2.21. The zero-order valence-electron chi connectivity index (χ0n) is 13.3. The highest BCUT2D eigenvalue weighted by atomic mass is 16.1. The van der Waals surface area contributed by atoms with E-state index in [9.17, 15) is 4.79 Å². The quantitative estimate of drug-likeness (QED) is 0.757. The normalized spacial score (nSPS) is 12.0. The molecule has 0 saturated carbocycles. The first-order chi connectivity index (χ1) is 10.0. The Hall–Kier alpha value is -2.09. The zero-order chi connectivity index (χ0) is 15.4. The minimum Gasteiger partial charge on any atom is -0.362 e. The molecule has 1 unspecified atom stereocenters. The van der Waals surface area contributed by atoms with Crippen LogP contribution in [0.4, 0.5) is 5.69 Å². The summed E-state index contributed by atoms with van der Waals surface area (Å²) in [4.78, 5) is 14.8. The monoisotopic (exact) mass is 281 g/mol. The average Bonchev–Trinajstić information content (AvgIpc) is 2.48. The summed E-state index contributed by atoms with van der Waals surface area (Å²) >= 11 is 0. The number of nitrogens with zero attached hydrogens (tertiary/aromatic N) is 1. The van der Waals surface area contributed by atoms with E-state index in [-0.39, 0.29) is 11.8 Å². The van der Waals surface area contributed by atoms with Gasteiger partial charge in [0.25, 0.3) is 0 Å². The van der Waals surface area contributed by atoms with Gasteiger partial charge in [0.05, 0.1) is 6.04 Å². The number of carbonyl (C=O) groups excluding carboxylic acids is 1. The van der Waals surface area contributed by atoms with Crippen molar-refractivity contribution in [3.63, 3.8) is 0 Å². The molecule has 0 aromatic heterocycles. The third-order valence-corrected chi connectivity index (χ3v) is 3.86. The van der Waals surface area contributed by atoms with Crippen molar-refractivity contribution in [3.05, 3.63) is 65.2 Å². The van der Waals surface area contributed by atoms with Gasteiger partial charge < -0.3 is 4.90 Å². The maximum absolute atomic E-state index is 12.7. The lowest BCUT2D eigenvalue weighted by Crippen LogP contribution is -2.39. The molecule has 2 nitrogen and oxygen atoms in total. The van der Waals surface area contributed by atoms with Crippen molar-refractivity contribution in [1.82, 2.24) is 0 Å². The van der Waals surface area contributed by atoms with Crippen LogP contribution in [-0.2, 0) is 0 Å². The van der Waals surface area contributed by atoms with Gasteiger partial charge >= 0.3 is 0 Å². The second kappa shape index (κ2) is 6.57. The van der Waals surface area contributed by atoms with Crippen LogP contribution in [-0.4, -0.2) is 18.4 Å². The first-order valence-corrected chi connectivity index (χ1v) is 7.47. The third kappa shape index (κ3) is 3.52. The molecule has 0 heterocycles. The molecule has 0 bridgehead atoms. The lowest BCUT2D eigenvalue weighted by Gasteiger charge is -2.29. The van der Waals surface area contributed by atoms with Crippen molar-refractivity contribution in [2.75, 3.05) is 11.4 Å². The van der Waals surface area contributed by atoms with Crippen molar-refractivity contribution < 1.29 is 4.79 Å². The van der Waals surface area contributed by atoms with Crippen LogP contribution in [0.15, 0.2) is 48.5 Å². The average molecular weight is 281 g/mol. The second-order valence-electron chi connectivity index (χ2n) is 5.53. The summed E-state index contributed by atoms with van der Waals surface area (Å²) in [7, 11) is 0. The number of ketones is 1. The number of benzene rings is 2. The number of Topliss-reactive ketones (excluding diaryl/α,β-unsaturated/α-hetero) is 1. The Bertz CT molecular complexity index is 616. The first kappa shape index (κ1) is 15.3. The number of rotatable bonds is 5. The maximum Gasteiger partial charge on any atom is 0.184 e. The van der Waals surface area contributed by atoms with Gasteiger partial charge in [0.1, 0.15) is 0 Å². The van der Waals surface area contributed by atoms with E-state index in [1.807, 2.05) is 44.2 Å². The second-order valence-corrected chi connectivity index (χ2v) is 5.53. The Morgan fingerprint density at radius 2 is 1.71 bits per heavy atom. The van der Waals surface area contributed by atoms with Crippen LogP contribution >= 0.6 is 0 Å². The summed E-state index contributed by atoms with van der Waals surface area (Å²) in [5.74, 6) is 0.165. The highest BCUT2D eigenvalue weighted by molar-refractivity contribution is 6.01. The fourth-order valence-corrected chi connectivity index (χ4v) is 2.59. The number of likely N-dealkylation sites (N-methyl/N-ethyl adjacent to an activating group) is 1. The van der Waals surface area contributed by atoms with Crippen LogP contribution in [0.5, 0.6) is 0 Å². The van der Waals surface area contributed by atoms with E-state index in [1.165, 1.54) is 11.1 Å². The third-order valence-electron chi connectivity index (χ3n) is 3.86. The molecule has 0 radical (unpaired) electrons. The largest absolute Gasteiger partial charge is 0.362 e. The van der Waals surface area contributed by atoms with Crippen molar-refractivity contribution >= 4 is 11.5 Å². The predicted octanol–water partition coefficient (Wildman–Crippen LogP) is 4.40. The van der Waals surface area contributed by atoms with Gasteiger partial charge in [0.2, 0.25) is 0 Å². The van der Waals surface area contributed by atoms with Crippen LogP contribution in [0, 0.1) is 13.8 Å².